The van der Waals surface area contributed by atoms with Crippen molar-refractivity contribution in [2.45, 2.75) is 4.90 Å². The zero-order valence-corrected chi connectivity index (χ0v) is 12.8. The fourth-order valence-corrected chi connectivity index (χ4v) is 2.16. The van der Waals surface area contributed by atoms with E-state index in [1.807, 2.05) is 24.3 Å². The molecular formula is C15H15FN4OS. The summed E-state index contributed by atoms with van der Waals surface area (Å²) >= 11 is 1.16. The summed E-state index contributed by atoms with van der Waals surface area (Å²) in [6.45, 7) is 7.37. The molecule has 7 heteroatoms. The lowest BCUT2D eigenvalue weighted by Gasteiger charge is -2.14. The van der Waals surface area contributed by atoms with Crippen LogP contribution in [0.3, 0.4) is 0 Å². The Morgan fingerprint density at radius 2 is 2.09 bits per heavy atom. The standard InChI is InChI=1S/C15H15FN4OS/c1-9(19-10-4-6-11(22-17)7-5-10)12-8-13(16)20-15(21-3)14(12)18-2/h4-8,19H,1-2,17H2,3H3. The molecule has 1 aromatic heterocycles. The third-order valence-corrected chi connectivity index (χ3v) is 3.44. The topological polar surface area (TPSA) is 72.5 Å². The zero-order chi connectivity index (χ0) is 16.1. The third kappa shape index (κ3) is 3.44. The monoisotopic (exact) mass is 318 g/mol. The Labute approximate surface area is 132 Å². The Morgan fingerprint density at radius 1 is 1.41 bits per heavy atom. The Hall–Kier alpha value is -2.38. The molecule has 1 aromatic carbocycles. The molecule has 0 aliphatic rings. The highest BCUT2D eigenvalue weighted by Crippen LogP contribution is 2.34. The maximum atomic E-state index is 13.6. The number of hydrogen-bond acceptors (Lipinski definition) is 6. The highest BCUT2D eigenvalue weighted by atomic mass is 32.2. The first-order valence-corrected chi connectivity index (χ1v) is 7.11. The molecule has 114 valence electrons. The van der Waals surface area contributed by atoms with Gasteiger partial charge in [0.15, 0.2) is 0 Å². The minimum atomic E-state index is -0.683. The molecule has 0 bridgehead atoms. The lowest BCUT2D eigenvalue weighted by atomic mass is 10.1. The minimum Gasteiger partial charge on any atom is -0.479 e. The number of hydrogen-bond donors (Lipinski definition) is 2. The van der Waals surface area contributed by atoms with Crippen molar-refractivity contribution in [3.63, 3.8) is 0 Å². The van der Waals surface area contributed by atoms with E-state index in [0.29, 0.717) is 16.9 Å². The van der Waals surface area contributed by atoms with Gasteiger partial charge in [0.1, 0.15) is 5.69 Å². The van der Waals surface area contributed by atoms with Crippen LogP contribution in [0, 0.1) is 5.95 Å². The second-order valence-corrected chi connectivity index (χ2v) is 4.96. The number of rotatable bonds is 6. The van der Waals surface area contributed by atoms with E-state index in [-0.39, 0.29) is 5.88 Å². The van der Waals surface area contributed by atoms with Crippen LogP contribution >= 0.6 is 11.9 Å². The van der Waals surface area contributed by atoms with Crippen molar-refractivity contribution in [2.75, 3.05) is 12.4 Å². The fourth-order valence-electron chi connectivity index (χ4n) is 1.87. The highest BCUT2D eigenvalue weighted by Gasteiger charge is 2.15. The van der Waals surface area contributed by atoms with Gasteiger partial charge in [0.05, 0.1) is 7.11 Å². The van der Waals surface area contributed by atoms with Crippen molar-refractivity contribution in [2.24, 2.45) is 10.1 Å². The first kappa shape index (κ1) is 16.0. The lowest BCUT2D eigenvalue weighted by molar-refractivity contribution is 0.389. The molecule has 22 heavy (non-hydrogen) atoms. The Morgan fingerprint density at radius 3 is 2.64 bits per heavy atom. The molecule has 0 saturated heterocycles. The molecule has 5 nitrogen and oxygen atoms in total. The summed E-state index contributed by atoms with van der Waals surface area (Å²) in [4.78, 5) is 8.41. The average Bonchev–Trinajstić information content (AvgIpc) is 2.54. The number of halogens is 1. The van der Waals surface area contributed by atoms with Gasteiger partial charge in [0, 0.05) is 27.9 Å². The number of nitrogens with zero attached hydrogens (tertiary/aromatic N) is 2. The quantitative estimate of drug-likeness (QED) is 0.483. The Kier molecular flexibility index (Phi) is 5.13. The van der Waals surface area contributed by atoms with E-state index in [2.05, 4.69) is 28.6 Å². The number of nitrogens with two attached hydrogens (primary N) is 1. The number of aliphatic imine (C=N–C) groups is 1. The molecule has 0 aliphatic heterocycles. The number of ether oxygens (including phenoxy) is 1. The van der Waals surface area contributed by atoms with Crippen LogP contribution in [0.2, 0.25) is 0 Å². The number of methoxy groups -OCH3 is 1. The molecule has 2 rings (SSSR count). The SMILES string of the molecule is C=Nc1c(C(=C)Nc2ccc(SN)cc2)cc(F)nc1OC. The Bertz CT molecular complexity index is 703. The van der Waals surface area contributed by atoms with Crippen molar-refractivity contribution in [3.05, 3.63) is 48.4 Å². The molecule has 1 heterocycles. The van der Waals surface area contributed by atoms with Gasteiger partial charge in [-0.15, -0.1) is 0 Å². The molecule has 0 saturated carbocycles. The Balaban J connectivity index is 2.32. The lowest BCUT2D eigenvalue weighted by Crippen LogP contribution is -2.01. The van der Waals surface area contributed by atoms with E-state index in [1.165, 1.54) is 13.2 Å². The van der Waals surface area contributed by atoms with Gasteiger partial charge in [-0.2, -0.15) is 9.37 Å². The summed E-state index contributed by atoms with van der Waals surface area (Å²) in [6.07, 6.45) is 0. The molecule has 0 spiro atoms. The number of pyridine rings is 1. The zero-order valence-electron chi connectivity index (χ0n) is 12.0. The van der Waals surface area contributed by atoms with Crippen molar-refractivity contribution in [1.82, 2.24) is 4.98 Å². The summed E-state index contributed by atoms with van der Waals surface area (Å²) < 4.78 is 18.6. The number of anilines is 1. The van der Waals surface area contributed by atoms with Crippen LogP contribution in [0.4, 0.5) is 15.8 Å². The molecule has 0 amide bonds. The van der Waals surface area contributed by atoms with Gasteiger partial charge in [0.2, 0.25) is 11.8 Å². The van der Waals surface area contributed by atoms with Crippen molar-refractivity contribution in [3.8, 4) is 5.88 Å². The van der Waals surface area contributed by atoms with Crippen LogP contribution < -0.4 is 15.2 Å². The molecule has 0 atom stereocenters. The van der Waals surface area contributed by atoms with Crippen molar-refractivity contribution >= 4 is 35.7 Å². The van der Waals surface area contributed by atoms with Gasteiger partial charge in [0.25, 0.3) is 0 Å². The van der Waals surface area contributed by atoms with Gasteiger partial charge in [-0.05, 0) is 42.9 Å². The van der Waals surface area contributed by atoms with Crippen LogP contribution in [0.1, 0.15) is 5.56 Å². The van der Waals surface area contributed by atoms with Crippen LogP contribution in [-0.4, -0.2) is 18.8 Å². The third-order valence-electron chi connectivity index (χ3n) is 2.89. The summed E-state index contributed by atoms with van der Waals surface area (Å²) in [5.41, 5.74) is 2.00. The molecule has 3 N–H and O–H groups in total. The van der Waals surface area contributed by atoms with Gasteiger partial charge in [-0.1, -0.05) is 6.58 Å². The van der Waals surface area contributed by atoms with E-state index in [0.717, 1.165) is 22.5 Å². The largest absolute Gasteiger partial charge is 0.479 e. The minimum absolute atomic E-state index is 0.0582. The normalized spacial score (nSPS) is 10.1. The molecule has 0 unspecified atom stereocenters. The van der Waals surface area contributed by atoms with E-state index < -0.39 is 5.95 Å². The van der Waals surface area contributed by atoms with E-state index in [1.54, 1.807) is 0 Å². The van der Waals surface area contributed by atoms with Gasteiger partial charge < -0.3 is 10.1 Å². The first-order valence-electron chi connectivity index (χ1n) is 6.23. The predicted octanol–water partition coefficient (Wildman–Crippen LogP) is 3.61. The summed E-state index contributed by atoms with van der Waals surface area (Å²) in [7, 11) is 1.39. The number of benzene rings is 1. The van der Waals surface area contributed by atoms with Crippen LogP contribution in [0.5, 0.6) is 5.88 Å². The smallest absolute Gasteiger partial charge is 0.243 e. The summed E-state index contributed by atoms with van der Waals surface area (Å²) in [6, 6.07) is 8.64. The first-order chi connectivity index (χ1) is 10.6. The van der Waals surface area contributed by atoms with Crippen molar-refractivity contribution < 1.29 is 9.13 Å². The van der Waals surface area contributed by atoms with Crippen molar-refractivity contribution in [1.29, 1.82) is 0 Å². The highest BCUT2D eigenvalue weighted by molar-refractivity contribution is 7.97. The van der Waals surface area contributed by atoms with E-state index in [4.69, 9.17) is 9.88 Å². The molecule has 0 fully saturated rings. The van der Waals surface area contributed by atoms with Gasteiger partial charge in [-0.3, -0.25) is 10.1 Å². The predicted molar refractivity (Wildman–Crippen MR) is 89.1 cm³/mol. The molecule has 0 radical (unpaired) electrons. The summed E-state index contributed by atoms with van der Waals surface area (Å²) in [5.74, 6) is -0.625. The molecule has 0 aliphatic carbocycles. The second kappa shape index (κ2) is 7.06. The maximum absolute atomic E-state index is 13.6. The van der Waals surface area contributed by atoms with Gasteiger partial charge >= 0.3 is 0 Å². The van der Waals surface area contributed by atoms with E-state index in [9.17, 15) is 4.39 Å². The molecule has 2 aromatic rings. The van der Waals surface area contributed by atoms with Crippen LogP contribution in [0.25, 0.3) is 5.70 Å². The number of nitrogens with one attached hydrogen (secondary N) is 1. The van der Waals surface area contributed by atoms with Crippen LogP contribution in [-0.2, 0) is 0 Å². The second-order valence-electron chi connectivity index (χ2n) is 4.25. The van der Waals surface area contributed by atoms with Crippen LogP contribution in [0.15, 0.2) is 46.8 Å². The fraction of sp³-hybridized carbons (Fsp3) is 0.0667. The summed E-state index contributed by atoms with van der Waals surface area (Å²) in [5, 5.41) is 8.56. The van der Waals surface area contributed by atoms with E-state index >= 15 is 0 Å². The maximum Gasteiger partial charge on any atom is 0.243 e. The van der Waals surface area contributed by atoms with Gasteiger partial charge in [-0.25, -0.2) is 0 Å². The number of aromatic nitrogens is 1. The average molecular weight is 318 g/mol. The molecular weight excluding hydrogens is 303 g/mol.